The predicted octanol–water partition coefficient (Wildman–Crippen LogP) is 2.07. The Hall–Kier alpha value is -0.0800. The van der Waals surface area contributed by atoms with E-state index in [1.54, 1.807) is 0 Å². The molecule has 2 N–H and O–H groups in total. The van der Waals surface area contributed by atoms with Crippen LogP contribution in [0, 0.1) is 5.41 Å². The first-order valence-corrected chi connectivity index (χ1v) is 6.17. The topological polar surface area (TPSA) is 32.3 Å². The maximum atomic E-state index is 9.69. The molecule has 0 aromatic rings. The molecule has 0 amide bonds. The molecule has 82 valence electrons. The average molecular weight is 197 g/mol. The molecule has 0 aromatic carbocycles. The molecule has 0 radical (unpaired) electrons. The fourth-order valence-corrected chi connectivity index (χ4v) is 2.86. The van der Waals surface area contributed by atoms with Crippen LogP contribution in [0.25, 0.3) is 0 Å². The van der Waals surface area contributed by atoms with Gasteiger partial charge in [0.2, 0.25) is 0 Å². The quantitative estimate of drug-likeness (QED) is 0.723. The highest BCUT2D eigenvalue weighted by atomic mass is 16.3. The van der Waals surface area contributed by atoms with Gasteiger partial charge in [0.05, 0.1) is 6.10 Å². The first-order valence-electron chi connectivity index (χ1n) is 6.17. The van der Waals surface area contributed by atoms with Crippen LogP contribution in [0.1, 0.15) is 51.9 Å². The Balaban J connectivity index is 1.75. The Morgan fingerprint density at radius 2 is 2.07 bits per heavy atom. The van der Waals surface area contributed by atoms with Crippen molar-refractivity contribution in [1.82, 2.24) is 5.32 Å². The molecular weight excluding hydrogens is 174 g/mol. The zero-order valence-corrected chi connectivity index (χ0v) is 9.26. The Morgan fingerprint density at radius 3 is 2.50 bits per heavy atom. The summed E-state index contributed by atoms with van der Waals surface area (Å²) in [5.74, 6) is 0. The van der Waals surface area contributed by atoms with E-state index in [2.05, 4.69) is 12.2 Å². The second-order valence-electron chi connectivity index (χ2n) is 5.19. The van der Waals surface area contributed by atoms with Gasteiger partial charge in [0, 0.05) is 12.6 Å². The summed E-state index contributed by atoms with van der Waals surface area (Å²) in [6.07, 6.45) is 8.75. The molecule has 0 spiro atoms. The van der Waals surface area contributed by atoms with E-state index in [0.29, 0.717) is 11.5 Å². The summed E-state index contributed by atoms with van der Waals surface area (Å²) >= 11 is 0. The maximum absolute atomic E-state index is 9.69. The fraction of sp³-hybridized carbons (Fsp3) is 1.00. The highest BCUT2D eigenvalue weighted by Crippen LogP contribution is 2.43. The lowest BCUT2D eigenvalue weighted by atomic mass is 9.67. The Labute approximate surface area is 87.1 Å². The second-order valence-corrected chi connectivity index (χ2v) is 5.19. The van der Waals surface area contributed by atoms with E-state index in [1.165, 1.54) is 38.5 Å². The van der Waals surface area contributed by atoms with Gasteiger partial charge in [0.1, 0.15) is 0 Å². The van der Waals surface area contributed by atoms with Crippen LogP contribution in [0.2, 0.25) is 0 Å². The van der Waals surface area contributed by atoms with E-state index >= 15 is 0 Å². The molecule has 2 nitrogen and oxygen atoms in total. The molecule has 2 unspecified atom stereocenters. The summed E-state index contributed by atoms with van der Waals surface area (Å²) in [5, 5.41) is 13.3. The van der Waals surface area contributed by atoms with Crippen LogP contribution < -0.4 is 5.32 Å². The molecule has 2 aliphatic rings. The number of aliphatic hydroxyl groups is 1. The van der Waals surface area contributed by atoms with Crippen molar-refractivity contribution in [3.05, 3.63) is 0 Å². The molecule has 14 heavy (non-hydrogen) atoms. The molecule has 0 aliphatic heterocycles. The normalized spacial score (nSPS) is 35.6. The van der Waals surface area contributed by atoms with Crippen molar-refractivity contribution in [2.75, 3.05) is 6.54 Å². The third-order valence-corrected chi connectivity index (χ3v) is 4.38. The molecule has 2 saturated carbocycles. The van der Waals surface area contributed by atoms with Crippen LogP contribution >= 0.6 is 0 Å². The van der Waals surface area contributed by atoms with Gasteiger partial charge in [0.15, 0.2) is 0 Å². The van der Waals surface area contributed by atoms with Gasteiger partial charge < -0.3 is 10.4 Å². The SMILES string of the molecule is CCC1(CNC2CCCC2O)CCC1. The number of rotatable bonds is 4. The van der Waals surface area contributed by atoms with Crippen LogP contribution in [-0.4, -0.2) is 23.8 Å². The lowest BCUT2D eigenvalue weighted by molar-refractivity contribution is 0.0964. The number of nitrogens with one attached hydrogen (secondary N) is 1. The third-order valence-electron chi connectivity index (χ3n) is 4.38. The summed E-state index contributed by atoms with van der Waals surface area (Å²) in [6.45, 7) is 3.43. The summed E-state index contributed by atoms with van der Waals surface area (Å²) in [4.78, 5) is 0. The second kappa shape index (κ2) is 4.19. The Morgan fingerprint density at radius 1 is 1.29 bits per heavy atom. The molecular formula is C12H23NO. The molecule has 2 atom stereocenters. The summed E-state index contributed by atoms with van der Waals surface area (Å²) in [6, 6.07) is 0.388. The van der Waals surface area contributed by atoms with Crippen LogP contribution in [0.3, 0.4) is 0 Å². The van der Waals surface area contributed by atoms with Crippen LogP contribution in [-0.2, 0) is 0 Å². The van der Waals surface area contributed by atoms with Gasteiger partial charge in [0.25, 0.3) is 0 Å². The minimum Gasteiger partial charge on any atom is -0.392 e. The Kier molecular flexibility index (Phi) is 3.13. The largest absolute Gasteiger partial charge is 0.392 e. The smallest absolute Gasteiger partial charge is 0.0693 e. The molecule has 2 rings (SSSR count). The van der Waals surface area contributed by atoms with Gasteiger partial charge in [-0.1, -0.05) is 13.3 Å². The van der Waals surface area contributed by atoms with Gasteiger partial charge in [-0.05, 0) is 43.9 Å². The number of hydrogen-bond donors (Lipinski definition) is 2. The van der Waals surface area contributed by atoms with E-state index in [-0.39, 0.29) is 6.10 Å². The van der Waals surface area contributed by atoms with Crippen LogP contribution in [0.15, 0.2) is 0 Å². The van der Waals surface area contributed by atoms with E-state index < -0.39 is 0 Å². The maximum Gasteiger partial charge on any atom is 0.0693 e. The number of aliphatic hydroxyl groups excluding tert-OH is 1. The molecule has 0 saturated heterocycles. The predicted molar refractivity (Wildman–Crippen MR) is 58.2 cm³/mol. The molecule has 2 heteroatoms. The van der Waals surface area contributed by atoms with Crippen molar-refractivity contribution < 1.29 is 5.11 Å². The summed E-state index contributed by atoms with van der Waals surface area (Å²) < 4.78 is 0. The first-order chi connectivity index (χ1) is 6.76. The molecule has 2 fully saturated rings. The van der Waals surface area contributed by atoms with Crippen molar-refractivity contribution in [1.29, 1.82) is 0 Å². The number of hydrogen-bond acceptors (Lipinski definition) is 2. The lowest BCUT2D eigenvalue weighted by Crippen LogP contribution is -2.45. The lowest BCUT2D eigenvalue weighted by Gasteiger charge is -2.42. The van der Waals surface area contributed by atoms with E-state index in [9.17, 15) is 5.11 Å². The van der Waals surface area contributed by atoms with Gasteiger partial charge in [-0.3, -0.25) is 0 Å². The minimum atomic E-state index is -0.0796. The van der Waals surface area contributed by atoms with Gasteiger partial charge in [-0.2, -0.15) is 0 Å². The molecule has 0 bridgehead atoms. The van der Waals surface area contributed by atoms with Crippen molar-refractivity contribution in [3.63, 3.8) is 0 Å². The molecule has 0 heterocycles. The van der Waals surface area contributed by atoms with Gasteiger partial charge in [-0.25, -0.2) is 0 Å². The van der Waals surface area contributed by atoms with Crippen LogP contribution in [0.4, 0.5) is 0 Å². The minimum absolute atomic E-state index is 0.0796. The van der Waals surface area contributed by atoms with Crippen molar-refractivity contribution in [2.45, 2.75) is 64.0 Å². The molecule has 2 aliphatic carbocycles. The Bertz CT molecular complexity index is 183. The highest BCUT2D eigenvalue weighted by Gasteiger charge is 2.36. The van der Waals surface area contributed by atoms with Crippen molar-refractivity contribution >= 4 is 0 Å². The van der Waals surface area contributed by atoms with Gasteiger partial charge in [-0.15, -0.1) is 0 Å². The van der Waals surface area contributed by atoms with Gasteiger partial charge >= 0.3 is 0 Å². The monoisotopic (exact) mass is 197 g/mol. The van der Waals surface area contributed by atoms with Crippen LogP contribution in [0.5, 0.6) is 0 Å². The standard InChI is InChI=1S/C12H23NO/c1-2-12(7-4-8-12)9-13-10-5-3-6-11(10)14/h10-11,13-14H,2-9H2,1H3. The zero-order chi connectivity index (χ0) is 10.0. The summed E-state index contributed by atoms with van der Waals surface area (Å²) in [5.41, 5.74) is 0.586. The van der Waals surface area contributed by atoms with Crippen molar-refractivity contribution in [2.24, 2.45) is 5.41 Å². The van der Waals surface area contributed by atoms with Crippen molar-refractivity contribution in [3.8, 4) is 0 Å². The van der Waals surface area contributed by atoms with E-state index in [0.717, 1.165) is 13.0 Å². The summed E-state index contributed by atoms with van der Waals surface area (Å²) in [7, 11) is 0. The molecule has 0 aromatic heterocycles. The third kappa shape index (κ3) is 1.96. The highest BCUT2D eigenvalue weighted by molar-refractivity contribution is 4.91. The fourth-order valence-electron chi connectivity index (χ4n) is 2.86. The van der Waals surface area contributed by atoms with E-state index in [4.69, 9.17) is 0 Å². The first kappa shape index (κ1) is 10.4. The van der Waals surface area contributed by atoms with E-state index in [1.807, 2.05) is 0 Å². The average Bonchev–Trinajstić information content (AvgIpc) is 2.51. The zero-order valence-electron chi connectivity index (χ0n) is 9.26.